The number of alkyl halides is 3. The van der Waals surface area contributed by atoms with Gasteiger partial charge in [0.15, 0.2) is 0 Å². The summed E-state index contributed by atoms with van der Waals surface area (Å²) in [5, 5.41) is 5.32. The molecular formula is C25H20F3N5O4. The van der Waals surface area contributed by atoms with Gasteiger partial charge in [0.25, 0.3) is 5.91 Å². The van der Waals surface area contributed by atoms with Gasteiger partial charge in [0, 0.05) is 18.4 Å². The predicted octanol–water partition coefficient (Wildman–Crippen LogP) is 5.13. The first-order chi connectivity index (χ1) is 17.6. The van der Waals surface area contributed by atoms with Crippen molar-refractivity contribution < 1.29 is 32.3 Å². The molecule has 2 aliphatic rings. The van der Waals surface area contributed by atoms with Gasteiger partial charge in [0.1, 0.15) is 17.1 Å². The third-order valence-electron chi connectivity index (χ3n) is 6.03. The predicted molar refractivity (Wildman–Crippen MR) is 127 cm³/mol. The number of urea groups is 2. The Morgan fingerprint density at radius 3 is 2.35 bits per heavy atom. The molecule has 0 unspecified atom stereocenters. The molecule has 1 saturated carbocycles. The van der Waals surface area contributed by atoms with Gasteiger partial charge >= 0.3 is 18.4 Å². The Bertz CT molecular complexity index is 1340. The second-order valence-electron chi connectivity index (χ2n) is 8.58. The molecule has 1 aliphatic heterocycles. The summed E-state index contributed by atoms with van der Waals surface area (Å²) in [4.78, 5) is 45.3. The number of carbonyl (C=O) groups is 3. The number of anilines is 3. The number of hydrogen-bond acceptors (Lipinski definition) is 5. The van der Waals surface area contributed by atoms with Gasteiger partial charge in [-0.15, -0.1) is 13.2 Å². The number of ether oxygens (including phenoxy) is 1. The van der Waals surface area contributed by atoms with Crippen molar-refractivity contribution in [1.82, 2.24) is 9.88 Å². The van der Waals surface area contributed by atoms with E-state index in [-0.39, 0.29) is 18.1 Å². The zero-order chi connectivity index (χ0) is 26.2. The molecule has 1 spiro atoms. The Hall–Kier alpha value is -4.61. The quantitative estimate of drug-likeness (QED) is 0.447. The molecule has 2 fully saturated rings. The van der Waals surface area contributed by atoms with Gasteiger partial charge in [-0.25, -0.2) is 19.5 Å². The van der Waals surface area contributed by atoms with Crippen LogP contribution in [0.25, 0.3) is 0 Å². The van der Waals surface area contributed by atoms with Gasteiger partial charge < -0.3 is 15.0 Å². The molecule has 2 N–H and O–H groups in total. The number of hydrogen-bond donors (Lipinski definition) is 2. The minimum absolute atomic E-state index is 0.0772. The Kier molecular flexibility index (Phi) is 5.94. The summed E-state index contributed by atoms with van der Waals surface area (Å²) in [5.74, 6) is -0.635. The van der Waals surface area contributed by atoms with E-state index < -0.39 is 35.6 Å². The number of amides is 5. The second-order valence-corrected chi connectivity index (χ2v) is 8.58. The third-order valence-corrected chi connectivity index (χ3v) is 6.03. The molecule has 3 aromatic rings. The lowest BCUT2D eigenvalue weighted by Crippen LogP contribution is -2.36. The molecular weight excluding hydrogens is 491 g/mol. The fourth-order valence-corrected chi connectivity index (χ4v) is 4.18. The molecule has 5 amide bonds. The lowest BCUT2D eigenvalue weighted by molar-refractivity contribution is -0.274. The van der Waals surface area contributed by atoms with Crippen molar-refractivity contribution in [3.8, 4) is 5.75 Å². The highest BCUT2D eigenvalue weighted by Crippen LogP contribution is 2.49. The number of nitrogens with zero attached hydrogens (tertiary/aromatic N) is 3. The van der Waals surface area contributed by atoms with Crippen LogP contribution in [0, 0.1) is 0 Å². The number of imide groups is 1. The second kappa shape index (κ2) is 9.12. The average molecular weight is 511 g/mol. The molecule has 2 heterocycles. The largest absolute Gasteiger partial charge is 0.573 e. The van der Waals surface area contributed by atoms with Crippen molar-refractivity contribution in [2.45, 2.75) is 31.3 Å². The summed E-state index contributed by atoms with van der Waals surface area (Å²) >= 11 is 0. The minimum Gasteiger partial charge on any atom is -0.406 e. The van der Waals surface area contributed by atoms with E-state index in [0.717, 1.165) is 17.0 Å². The summed E-state index contributed by atoms with van der Waals surface area (Å²) in [6.45, 7) is 0.0772. The molecule has 1 aromatic heterocycles. The summed E-state index contributed by atoms with van der Waals surface area (Å²) in [7, 11) is 0. The van der Waals surface area contributed by atoms with Gasteiger partial charge in [0.05, 0.1) is 5.69 Å². The summed E-state index contributed by atoms with van der Waals surface area (Å²) in [6, 6.07) is 15.6. The average Bonchev–Trinajstić information content (AvgIpc) is 3.62. The van der Waals surface area contributed by atoms with Crippen LogP contribution in [-0.4, -0.2) is 39.8 Å². The molecule has 0 atom stereocenters. The highest BCUT2D eigenvalue weighted by molar-refractivity contribution is 6.24. The number of benzene rings is 2. The topological polar surface area (TPSA) is 104 Å². The van der Waals surface area contributed by atoms with Crippen molar-refractivity contribution in [3.63, 3.8) is 0 Å². The van der Waals surface area contributed by atoms with Crippen LogP contribution in [0.2, 0.25) is 0 Å². The zero-order valence-electron chi connectivity index (χ0n) is 19.2. The summed E-state index contributed by atoms with van der Waals surface area (Å²) in [5.41, 5.74) is 0.382. The van der Waals surface area contributed by atoms with Gasteiger partial charge in [-0.05, 0) is 66.9 Å². The van der Waals surface area contributed by atoms with Crippen LogP contribution in [0.4, 0.5) is 40.0 Å². The van der Waals surface area contributed by atoms with Crippen LogP contribution in [0.1, 0.15) is 18.4 Å². The maximum atomic E-state index is 13.3. The number of carbonyl (C=O) groups excluding carboxylic acids is 3. The third kappa shape index (κ3) is 5.03. The van der Waals surface area contributed by atoms with Gasteiger partial charge in [-0.3, -0.25) is 10.1 Å². The van der Waals surface area contributed by atoms with E-state index >= 15 is 0 Å². The number of pyridine rings is 1. The van der Waals surface area contributed by atoms with Crippen LogP contribution < -0.4 is 20.3 Å². The molecule has 37 heavy (non-hydrogen) atoms. The van der Waals surface area contributed by atoms with E-state index in [1.54, 1.807) is 36.4 Å². The summed E-state index contributed by atoms with van der Waals surface area (Å²) < 4.78 is 41.2. The van der Waals surface area contributed by atoms with Crippen LogP contribution in [-0.2, 0) is 11.3 Å². The molecule has 12 heteroatoms. The fraction of sp³-hybridized carbons (Fsp3) is 0.200. The van der Waals surface area contributed by atoms with Gasteiger partial charge in [-0.2, -0.15) is 0 Å². The van der Waals surface area contributed by atoms with E-state index in [2.05, 4.69) is 20.4 Å². The Balaban J connectivity index is 1.30. The number of aromatic nitrogens is 1. The molecule has 5 rings (SSSR count). The molecule has 1 aliphatic carbocycles. The van der Waals surface area contributed by atoms with E-state index in [9.17, 15) is 27.6 Å². The SMILES string of the molecule is O=C(Nc1ccccc1)Nc1cc(CN2C(=O)N(c3ccc(OC(F)(F)F)cc3)C(=O)C23CC3)ccn1. The van der Waals surface area contributed by atoms with Crippen LogP contribution >= 0.6 is 0 Å². The van der Waals surface area contributed by atoms with Crippen molar-refractivity contribution in [3.05, 3.63) is 78.5 Å². The lowest BCUT2D eigenvalue weighted by Gasteiger charge is -2.21. The van der Waals surface area contributed by atoms with Crippen LogP contribution in [0.5, 0.6) is 5.75 Å². The Morgan fingerprint density at radius 2 is 1.70 bits per heavy atom. The Morgan fingerprint density at radius 1 is 1.00 bits per heavy atom. The Labute approximate surface area is 208 Å². The van der Waals surface area contributed by atoms with E-state index in [4.69, 9.17) is 0 Å². The van der Waals surface area contributed by atoms with Gasteiger partial charge in [0.2, 0.25) is 0 Å². The molecule has 2 aromatic carbocycles. The highest BCUT2D eigenvalue weighted by atomic mass is 19.4. The number of rotatable bonds is 6. The standard InChI is InChI=1S/C25H20F3N5O4/c26-25(27,28)37-19-8-6-18(7-9-19)33-21(34)24(11-12-24)32(23(33)36)15-16-10-13-29-20(14-16)31-22(35)30-17-4-2-1-3-5-17/h1-10,13-14H,11-12,15H2,(H2,29,30,31,35). The maximum Gasteiger partial charge on any atom is 0.573 e. The first-order valence-corrected chi connectivity index (χ1v) is 11.2. The first-order valence-electron chi connectivity index (χ1n) is 11.2. The van der Waals surface area contributed by atoms with E-state index in [1.807, 2.05) is 6.07 Å². The van der Waals surface area contributed by atoms with Crippen molar-refractivity contribution >= 4 is 35.2 Å². The normalized spacial score (nSPS) is 16.2. The first kappa shape index (κ1) is 24.1. The van der Waals surface area contributed by atoms with E-state index in [0.29, 0.717) is 24.1 Å². The minimum atomic E-state index is -4.85. The smallest absolute Gasteiger partial charge is 0.406 e. The number of nitrogens with one attached hydrogen (secondary N) is 2. The summed E-state index contributed by atoms with van der Waals surface area (Å²) in [6.07, 6.45) is -2.43. The molecule has 0 radical (unpaired) electrons. The molecule has 0 bridgehead atoms. The van der Waals surface area contributed by atoms with Gasteiger partial charge in [-0.1, -0.05) is 18.2 Å². The van der Waals surface area contributed by atoms with E-state index in [1.165, 1.54) is 23.2 Å². The zero-order valence-corrected chi connectivity index (χ0v) is 19.2. The maximum absolute atomic E-state index is 13.3. The number of para-hydroxylation sites is 1. The highest BCUT2D eigenvalue weighted by Gasteiger charge is 2.65. The molecule has 9 nitrogen and oxygen atoms in total. The molecule has 1 saturated heterocycles. The fourth-order valence-electron chi connectivity index (χ4n) is 4.18. The van der Waals surface area contributed by atoms with Crippen molar-refractivity contribution in [2.24, 2.45) is 0 Å². The van der Waals surface area contributed by atoms with Crippen LogP contribution in [0.3, 0.4) is 0 Å². The lowest BCUT2D eigenvalue weighted by atomic mass is 10.2. The van der Waals surface area contributed by atoms with Crippen molar-refractivity contribution in [1.29, 1.82) is 0 Å². The van der Waals surface area contributed by atoms with Crippen molar-refractivity contribution in [2.75, 3.05) is 15.5 Å². The molecule has 190 valence electrons. The number of halogens is 3. The monoisotopic (exact) mass is 511 g/mol. The van der Waals surface area contributed by atoms with Crippen LogP contribution in [0.15, 0.2) is 72.9 Å².